The van der Waals surface area contributed by atoms with Gasteiger partial charge in [-0.1, -0.05) is 26.2 Å². The van der Waals surface area contributed by atoms with Crippen molar-refractivity contribution in [1.82, 2.24) is 10.3 Å². The molecule has 0 spiro atoms. The minimum atomic E-state index is 0.00745. The molecule has 0 radical (unpaired) electrons. The summed E-state index contributed by atoms with van der Waals surface area (Å²) < 4.78 is 5.47. The lowest BCUT2D eigenvalue weighted by Gasteiger charge is -2.35. The minimum absolute atomic E-state index is 0.00745. The second kappa shape index (κ2) is 6.88. The third-order valence-corrected chi connectivity index (χ3v) is 4.27. The number of aromatic nitrogens is 1. The Balaban J connectivity index is 1.82. The molecule has 112 valence electrons. The number of amides is 1. The molecule has 3 N–H and O–H groups in total. The maximum Gasteiger partial charge on any atom is 0.221 e. The van der Waals surface area contributed by atoms with Gasteiger partial charge in [0.2, 0.25) is 11.8 Å². The van der Waals surface area contributed by atoms with Crippen LogP contribution in [0.4, 0.5) is 0 Å². The minimum Gasteiger partial charge on any atom is -0.444 e. The van der Waals surface area contributed by atoms with Gasteiger partial charge in [0.1, 0.15) is 5.76 Å². The number of nitrogens with two attached hydrogens (primary N) is 1. The summed E-state index contributed by atoms with van der Waals surface area (Å²) in [5, 5.41) is 2.89. The molecule has 0 atom stereocenters. The number of oxazole rings is 1. The topological polar surface area (TPSA) is 81.2 Å². The van der Waals surface area contributed by atoms with E-state index in [1.54, 1.807) is 6.20 Å². The summed E-state index contributed by atoms with van der Waals surface area (Å²) in [6, 6.07) is 0. The van der Waals surface area contributed by atoms with Crippen LogP contribution in [0, 0.1) is 5.41 Å². The van der Waals surface area contributed by atoms with Gasteiger partial charge in [-0.2, -0.15) is 0 Å². The summed E-state index contributed by atoms with van der Waals surface area (Å²) in [6.45, 7) is 2.97. The second-order valence-corrected chi connectivity index (χ2v) is 5.79. The summed E-state index contributed by atoms with van der Waals surface area (Å²) in [7, 11) is 0. The normalized spacial score (nSPS) is 17.9. The van der Waals surface area contributed by atoms with E-state index in [0.29, 0.717) is 25.4 Å². The molecule has 1 fully saturated rings. The Morgan fingerprint density at radius 1 is 1.45 bits per heavy atom. The summed E-state index contributed by atoms with van der Waals surface area (Å²) in [4.78, 5) is 16.2. The van der Waals surface area contributed by atoms with Crippen molar-refractivity contribution in [3.8, 4) is 0 Å². The molecule has 1 aliphatic carbocycles. The largest absolute Gasteiger partial charge is 0.444 e. The lowest BCUT2D eigenvalue weighted by atomic mass is 9.71. The van der Waals surface area contributed by atoms with Crippen LogP contribution in [0.5, 0.6) is 0 Å². The van der Waals surface area contributed by atoms with E-state index in [2.05, 4.69) is 10.3 Å². The number of aryl methyl sites for hydroxylation is 1. The average molecular weight is 279 g/mol. The lowest BCUT2D eigenvalue weighted by Crippen LogP contribution is -2.38. The Labute approximate surface area is 120 Å². The Morgan fingerprint density at radius 2 is 2.20 bits per heavy atom. The molecule has 0 bridgehead atoms. The maximum absolute atomic E-state index is 12.1. The Morgan fingerprint density at radius 3 is 2.80 bits per heavy atom. The number of rotatable bonds is 6. The van der Waals surface area contributed by atoms with Crippen LogP contribution in [0.1, 0.15) is 57.1 Å². The van der Waals surface area contributed by atoms with Gasteiger partial charge in [0.15, 0.2) is 0 Å². The molecule has 1 heterocycles. The smallest absolute Gasteiger partial charge is 0.221 e. The van der Waals surface area contributed by atoms with Crippen molar-refractivity contribution >= 4 is 5.91 Å². The number of nitrogens with zero attached hydrogens (tertiary/aromatic N) is 1. The first-order chi connectivity index (χ1) is 9.67. The number of carbonyl (C=O) groups excluding carboxylic acids is 1. The highest BCUT2D eigenvalue weighted by Gasteiger charge is 2.32. The first kappa shape index (κ1) is 15.0. The zero-order valence-electron chi connectivity index (χ0n) is 12.3. The van der Waals surface area contributed by atoms with Crippen LogP contribution in [-0.4, -0.2) is 17.4 Å². The molecule has 0 aliphatic heterocycles. The van der Waals surface area contributed by atoms with E-state index in [1.165, 1.54) is 19.3 Å². The van der Waals surface area contributed by atoms with E-state index in [0.717, 1.165) is 25.0 Å². The predicted octanol–water partition coefficient (Wildman–Crippen LogP) is 2.15. The number of hydrogen-bond acceptors (Lipinski definition) is 4. The predicted molar refractivity (Wildman–Crippen MR) is 76.9 cm³/mol. The second-order valence-electron chi connectivity index (χ2n) is 5.79. The molecule has 0 saturated heterocycles. The fraction of sp³-hybridized carbons (Fsp3) is 0.733. The van der Waals surface area contributed by atoms with Crippen molar-refractivity contribution in [2.24, 2.45) is 11.1 Å². The summed E-state index contributed by atoms with van der Waals surface area (Å²) >= 11 is 0. The van der Waals surface area contributed by atoms with E-state index in [9.17, 15) is 4.79 Å². The Hall–Kier alpha value is -1.36. The molecule has 0 unspecified atom stereocenters. The van der Waals surface area contributed by atoms with Gasteiger partial charge < -0.3 is 15.5 Å². The van der Waals surface area contributed by atoms with Crippen LogP contribution < -0.4 is 11.1 Å². The van der Waals surface area contributed by atoms with E-state index in [4.69, 9.17) is 10.2 Å². The van der Waals surface area contributed by atoms with Crippen LogP contribution in [0.15, 0.2) is 10.6 Å². The fourth-order valence-electron chi connectivity index (χ4n) is 2.93. The van der Waals surface area contributed by atoms with Crippen molar-refractivity contribution < 1.29 is 9.21 Å². The zero-order chi connectivity index (χ0) is 14.4. The number of nitrogens with one attached hydrogen (secondary N) is 1. The van der Waals surface area contributed by atoms with Crippen LogP contribution in [0.3, 0.4) is 0 Å². The molecule has 20 heavy (non-hydrogen) atoms. The van der Waals surface area contributed by atoms with Gasteiger partial charge in [-0.15, -0.1) is 0 Å². The quantitative estimate of drug-likeness (QED) is 0.836. The molecule has 5 nitrogen and oxygen atoms in total. The van der Waals surface area contributed by atoms with Gasteiger partial charge in [-0.05, 0) is 24.8 Å². The van der Waals surface area contributed by atoms with Crippen LogP contribution in [0.2, 0.25) is 0 Å². The third-order valence-electron chi connectivity index (χ3n) is 4.27. The van der Waals surface area contributed by atoms with Crippen LogP contribution in [0.25, 0.3) is 0 Å². The van der Waals surface area contributed by atoms with Crippen molar-refractivity contribution in [3.63, 3.8) is 0 Å². The lowest BCUT2D eigenvalue weighted by molar-refractivity contribution is -0.124. The Kier molecular flexibility index (Phi) is 5.17. The number of carbonyl (C=O) groups is 1. The Bertz CT molecular complexity index is 436. The summed E-state index contributed by atoms with van der Waals surface area (Å²) in [6.07, 6.45) is 8.81. The van der Waals surface area contributed by atoms with E-state index >= 15 is 0 Å². The fourth-order valence-corrected chi connectivity index (χ4v) is 2.93. The SMILES string of the molecule is CCc1cnc(CNC(=O)CC2(CN)CCCCC2)o1. The molecule has 1 aliphatic rings. The van der Waals surface area contributed by atoms with Crippen LogP contribution >= 0.6 is 0 Å². The zero-order valence-corrected chi connectivity index (χ0v) is 12.3. The van der Waals surface area contributed by atoms with Gasteiger partial charge in [-0.25, -0.2) is 4.98 Å². The van der Waals surface area contributed by atoms with Gasteiger partial charge in [0.25, 0.3) is 0 Å². The van der Waals surface area contributed by atoms with Crippen molar-refractivity contribution in [1.29, 1.82) is 0 Å². The third kappa shape index (κ3) is 3.82. The molecule has 1 aromatic heterocycles. The van der Waals surface area contributed by atoms with Crippen molar-refractivity contribution in [2.45, 2.75) is 58.4 Å². The van der Waals surface area contributed by atoms with Crippen molar-refractivity contribution in [3.05, 3.63) is 17.8 Å². The summed E-state index contributed by atoms with van der Waals surface area (Å²) in [5.74, 6) is 1.47. The highest BCUT2D eigenvalue weighted by atomic mass is 16.4. The van der Waals surface area contributed by atoms with Gasteiger partial charge in [0, 0.05) is 12.8 Å². The van der Waals surface area contributed by atoms with Gasteiger partial charge >= 0.3 is 0 Å². The summed E-state index contributed by atoms with van der Waals surface area (Å²) in [5.41, 5.74) is 5.91. The van der Waals surface area contributed by atoms with E-state index < -0.39 is 0 Å². The molecular weight excluding hydrogens is 254 g/mol. The highest BCUT2D eigenvalue weighted by Crippen LogP contribution is 2.38. The van der Waals surface area contributed by atoms with E-state index in [-0.39, 0.29) is 11.3 Å². The van der Waals surface area contributed by atoms with Gasteiger partial charge in [-0.3, -0.25) is 4.79 Å². The van der Waals surface area contributed by atoms with Crippen LogP contribution in [-0.2, 0) is 17.8 Å². The average Bonchev–Trinajstić information content (AvgIpc) is 2.94. The first-order valence-electron chi connectivity index (χ1n) is 7.58. The van der Waals surface area contributed by atoms with Gasteiger partial charge in [0.05, 0.1) is 12.7 Å². The molecule has 1 saturated carbocycles. The highest BCUT2D eigenvalue weighted by molar-refractivity contribution is 5.76. The molecule has 5 heteroatoms. The molecular formula is C15H25N3O2. The molecule has 2 rings (SSSR count). The first-order valence-corrected chi connectivity index (χ1v) is 7.58. The molecule has 0 aromatic carbocycles. The monoisotopic (exact) mass is 279 g/mol. The van der Waals surface area contributed by atoms with E-state index in [1.807, 2.05) is 6.92 Å². The maximum atomic E-state index is 12.1. The molecule has 1 aromatic rings. The van der Waals surface area contributed by atoms with Crippen molar-refractivity contribution in [2.75, 3.05) is 6.54 Å². The standard InChI is InChI=1S/C15H25N3O2/c1-2-12-9-18-14(20-12)10-17-13(19)8-15(11-16)6-4-3-5-7-15/h9H,2-8,10-11,16H2,1H3,(H,17,19). The number of hydrogen-bond donors (Lipinski definition) is 2. The molecule has 1 amide bonds.